The number of benzene rings is 1. The molecule has 1 aromatic carbocycles. The Morgan fingerprint density at radius 2 is 1.68 bits per heavy atom. The number of hydrogen-bond donors (Lipinski definition) is 0. The van der Waals surface area contributed by atoms with Gasteiger partial charge in [0.1, 0.15) is 0 Å². The van der Waals surface area contributed by atoms with Crippen LogP contribution < -0.4 is 0 Å². The summed E-state index contributed by atoms with van der Waals surface area (Å²) in [5.41, 5.74) is 3.08. The van der Waals surface area contributed by atoms with Crippen LogP contribution in [0.2, 0.25) is 0 Å². The number of hydrogen-bond acceptors (Lipinski definition) is 0. The molecular formula is C19H30. The molecule has 0 aliphatic heterocycles. The van der Waals surface area contributed by atoms with Crippen LogP contribution in [0.3, 0.4) is 0 Å². The van der Waals surface area contributed by atoms with Gasteiger partial charge in [-0.1, -0.05) is 70.2 Å². The lowest BCUT2D eigenvalue weighted by molar-refractivity contribution is 0.316. The molecule has 0 nitrogen and oxygen atoms in total. The van der Waals surface area contributed by atoms with E-state index >= 15 is 0 Å². The second-order valence-corrected chi connectivity index (χ2v) is 6.39. The molecule has 0 radical (unpaired) electrons. The molecule has 0 amide bonds. The van der Waals surface area contributed by atoms with Gasteiger partial charge >= 0.3 is 0 Å². The Bertz CT molecular complexity index is 343. The summed E-state index contributed by atoms with van der Waals surface area (Å²) in [4.78, 5) is 0. The molecule has 1 aromatic rings. The van der Waals surface area contributed by atoms with Crippen LogP contribution in [0.15, 0.2) is 24.3 Å². The molecule has 0 heterocycles. The molecule has 0 saturated heterocycles. The molecule has 1 atom stereocenters. The largest absolute Gasteiger partial charge is 0.0654 e. The smallest absolute Gasteiger partial charge is 0.0162 e. The molecule has 0 bridgehead atoms. The van der Waals surface area contributed by atoms with Crippen LogP contribution in [0.5, 0.6) is 0 Å². The SMILES string of the molecule is CCCCCc1ccc(C(C)C2CCCCC2)cc1. The van der Waals surface area contributed by atoms with Gasteiger partial charge in [0.2, 0.25) is 0 Å². The minimum Gasteiger partial charge on any atom is -0.0654 e. The molecule has 106 valence electrons. The minimum absolute atomic E-state index is 0.755. The summed E-state index contributed by atoms with van der Waals surface area (Å²) >= 11 is 0. The molecule has 2 rings (SSSR count). The normalized spacial score (nSPS) is 18.4. The maximum absolute atomic E-state index is 2.43. The zero-order valence-corrected chi connectivity index (χ0v) is 12.8. The van der Waals surface area contributed by atoms with E-state index in [1.807, 2.05) is 0 Å². The van der Waals surface area contributed by atoms with E-state index in [0.29, 0.717) is 0 Å². The van der Waals surface area contributed by atoms with Crippen molar-refractivity contribution in [3.05, 3.63) is 35.4 Å². The van der Waals surface area contributed by atoms with E-state index in [0.717, 1.165) is 11.8 Å². The summed E-state index contributed by atoms with van der Waals surface area (Å²) in [7, 11) is 0. The highest BCUT2D eigenvalue weighted by Crippen LogP contribution is 2.35. The standard InChI is InChI=1S/C19H30/c1-3-4-6-9-17-12-14-19(15-13-17)16(2)18-10-7-5-8-11-18/h12-16,18H,3-11H2,1-2H3. The molecule has 1 unspecified atom stereocenters. The van der Waals surface area contributed by atoms with E-state index in [1.54, 1.807) is 5.56 Å². The van der Waals surface area contributed by atoms with E-state index in [2.05, 4.69) is 38.1 Å². The van der Waals surface area contributed by atoms with Gasteiger partial charge in [0.15, 0.2) is 0 Å². The lowest BCUT2D eigenvalue weighted by Gasteiger charge is -2.28. The molecule has 1 fully saturated rings. The fourth-order valence-electron chi connectivity index (χ4n) is 3.47. The quantitative estimate of drug-likeness (QED) is 0.540. The summed E-state index contributed by atoms with van der Waals surface area (Å²) in [5, 5.41) is 0. The Morgan fingerprint density at radius 3 is 2.32 bits per heavy atom. The lowest BCUT2D eigenvalue weighted by Crippen LogP contribution is -2.13. The second kappa shape index (κ2) is 7.72. The average molecular weight is 258 g/mol. The first-order chi connectivity index (χ1) is 9.31. The van der Waals surface area contributed by atoms with Gasteiger partial charge < -0.3 is 0 Å². The van der Waals surface area contributed by atoms with Gasteiger partial charge in [-0.3, -0.25) is 0 Å². The number of aryl methyl sites for hydroxylation is 1. The highest BCUT2D eigenvalue weighted by molar-refractivity contribution is 5.25. The third-order valence-electron chi connectivity index (χ3n) is 4.93. The number of rotatable bonds is 6. The Kier molecular flexibility index (Phi) is 5.94. The topological polar surface area (TPSA) is 0 Å². The van der Waals surface area contributed by atoms with Crippen LogP contribution >= 0.6 is 0 Å². The molecule has 1 saturated carbocycles. The van der Waals surface area contributed by atoms with E-state index < -0.39 is 0 Å². The van der Waals surface area contributed by atoms with Gasteiger partial charge in [0, 0.05) is 0 Å². The van der Waals surface area contributed by atoms with Gasteiger partial charge in [0.25, 0.3) is 0 Å². The van der Waals surface area contributed by atoms with E-state index in [1.165, 1.54) is 63.4 Å². The summed E-state index contributed by atoms with van der Waals surface area (Å²) in [5.74, 6) is 1.68. The van der Waals surface area contributed by atoms with E-state index in [4.69, 9.17) is 0 Å². The predicted octanol–water partition coefficient (Wildman–Crippen LogP) is 6.10. The van der Waals surface area contributed by atoms with Gasteiger partial charge in [0.05, 0.1) is 0 Å². The van der Waals surface area contributed by atoms with Crippen molar-refractivity contribution in [1.29, 1.82) is 0 Å². The zero-order chi connectivity index (χ0) is 13.5. The van der Waals surface area contributed by atoms with Crippen LogP contribution in [0, 0.1) is 5.92 Å². The van der Waals surface area contributed by atoms with Crippen LogP contribution in [-0.4, -0.2) is 0 Å². The Morgan fingerprint density at radius 1 is 1.00 bits per heavy atom. The monoisotopic (exact) mass is 258 g/mol. The Labute approximate surface area is 119 Å². The molecule has 1 aliphatic rings. The highest BCUT2D eigenvalue weighted by Gasteiger charge is 2.20. The van der Waals surface area contributed by atoms with Crippen molar-refractivity contribution in [3.63, 3.8) is 0 Å². The minimum atomic E-state index is 0.755. The Balaban J connectivity index is 1.89. The van der Waals surface area contributed by atoms with Gasteiger partial charge in [-0.05, 0) is 48.6 Å². The highest BCUT2D eigenvalue weighted by atomic mass is 14.3. The van der Waals surface area contributed by atoms with Crippen molar-refractivity contribution < 1.29 is 0 Å². The third kappa shape index (κ3) is 4.37. The molecule has 1 aliphatic carbocycles. The van der Waals surface area contributed by atoms with Crippen molar-refractivity contribution in [1.82, 2.24) is 0 Å². The van der Waals surface area contributed by atoms with Crippen LogP contribution in [-0.2, 0) is 6.42 Å². The van der Waals surface area contributed by atoms with Crippen molar-refractivity contribution in [3.8, 4) is 0 Å². The molecule has 0 spiro atoms. The number of unbranched alkanes of at least 4 members (excludes halogenated alkanes) is 2. The summed E-state index contributed by atoms with van der Waals surface area (Å²) in [6, 6.07) is 9.51. The maximum Gasteiger partial charge on any atom is -0.0162 e. The average Bonchev–Trinajstić information content (AvgIpc) is 2.48. The third-order valence-corrected chi connectivity index (χ3v) is 4.93. The van der Waals surface area contributed by atoms with Crippen LogP contribution in [0.4, 0.5) is 0 Å². The van der Waals surface area contributed by atoms with E-state index in [9.17, 15) is 0 Å². The molecule has 0 aromatic heterocycles. The van der Waals surface area contributed by atoms with Gasteiger partial charge in [-0.15, -0.1) is 0 Å². The lowest BCUT2D eigenvalue weighted by atomic mass is 9.78. The van der Waals surface area contributed by atoms with Crippen LogP contribution in [0.25, 0.3) is 0 Å². The van der Waals surface area contributed by atoms with Crippen molar-refractivity contribution >= 4 is 0 Å². The van der Waals surface area contributed by atoms with Crippen molar-refractivity contribution in [2.24, 2.45) is 5.92 Å². The first-order valence-electron chi connectivity index (χ1n) is 8.40. The zero-order valence-electron chi connectivity index (χ0n) is 12.8. The summed E-state index contributed by atoms with van der Waals surface area (Å²) in [6.07, 6.45) is 12.5. The second-order valence-electron chi connectivity index (χ2n) is 6.39. The van der Waals surface area contributed by atoms with Crippen LogP contribution in [0.1, 0.15) is 82.3 Å². The van der Waals surface area contributed by atoms with Gasteiger partial charge in [-0.2, -0.15) is 0 Å². The molecule has 0 N–H and O–H groups in total. The summed E-state index contributed by atoms with van der Waals surface area (Å²) in [6.45, 7) is 4.71. The summed E-state index contributed by atoms with van der Waals surface area (Å²) < 4.78 is 0. The fraction of sp³-hybridized carbons (Fsp3) is 0.684. The maximum atomic E-state index is 2.43. The van der Waals surface area contributed by atoms with E-state index in [-0.39, 0.29) is 0 Å². The fourth-order valence-corrected chi connectivity index (χ4v) is 3.47. The molecular weight excluding hydrogens is 228 g/mol. The molecule has 19 heavy (non-hydrogen) atoms. The van der Waals surface area contributed by atoms with Crippen molar-refractivity contribution in [2.75, 3.05) is 0 Å². The Hall–Kier alpha value is -0.780. The van der Waals surface area contributed by atoms with Gasteiger partial charge in [-0.25, -0.2) is 0 Å². The first kappa shape index (κ1) is 14.6. The first-order valence-corrected chi connectivity index (χ1v) is 8.40. The van der Waals surface area contributed by atoms with Crippen molar-refractivity contribution in [2.45, 2.75) is 77.6 Å². The molecule has 0 heteroatoms. The predicted molar refractivity (Wildman–Crippen MR) is 84.7 cm³/mol.